The number of cyclic esters (lactones) is 1. The molecule has 1 aliphatic rings. The zero-order valence-corrected chi connectivity index (χ0v) is 10.3. The van der Waals surface area contributed by atoms with Gasteiger partial charge in [-0.25, -0.2) is 4.79 Å². The highest BCUT2D eigenvalue weighted by Gasteiger charge is 2.33. The SMILES string of the molecule is COc1ccc(C)cc1N1CC(CC#N)OC1=O. The minimum Gasteiger partial charge on any atom is -0.495 e. The third kappa shape index (κ3) is 2.23. The van der Waals surface area contributed by atoms with Crippen LogP contribution in [0.2, 0.25) is 0 Å². The number of anilines is 1. The van der Waals surface area contributed by atoms with E-state index in [1.165, 1.54) is 4.90 Å². The summed E-state index contributed by atoms with van der Waals surface area (Å²) >= 11 is 0. The molecule has 1 aliphatic heterocycles. The highest BCUT2D eigenvalue weighted by molar-refractivity contribution is 5.91. The lowest BCUT2D eigenvalue weighted by atomic mass is 10.2. The Morgan fingerprint density at radius 3 is 3.06 bits per heavy atom. The third-order valence-corrected chi connectivity index (χ3v) is 2.82. The first-order valence-corrected chi connectivity index (χ1v) is 5.65. The summed E-state index contributed by atoms with van der Waals surface area (Å²) in [5.74, 6) is 0.621. The summed E-state index contributed by atoms with van der Waals surface area (Å²) in [7, 11) is 1.56. The molecule has 0 aromatic heterocycles. The van der Waals surface area contributed by atoms with E-state index in [1.54, 1.807) is 7.11 Å². The molecule has 5 nitrogen and oxygen atoms in total. The topological polar surface area (TPSA) is 62.6 Å². The molecule has 5 heteroatoms. The molecule has 0 spiro atoms. The first kappa shape index (κ1) is 12.2. The molecule has 1 heterocycles. The van der Waals surface area contributed by atoms with Crippen LogP contribution in [0.5, 0.6) is 5.75 Å². The number of amides is 1. The molecule has 0 radical (unpaired) electrons. The van der Waals surface area contributed by atoms with Gasteiger partial charge in [0.25, 0.3) is 0 Å². The van der Waals surface area contributed by atoms with Gasteiger partial charge in [0, 0.05) is 0 Å². The zero-order valence-electron chi connectivity index (χ0n) is 10.3. The Balaban J connectivity index is 2.29. The molecule has 0 bridgehead atoms. The van der Waals surface area contributed by atoms with Crippen LogP contribution in [-0.4, -0.2) is 25.9 Å². The van der Waals surface area contributed by atoms with Crippen LogP contribution in [0.1, 0.15) is 12.0 Å². The molecule has 1 atom stereocenters. The summed E-state index contributed by atoms with van der Waals surface area (Å²) < 4.78 is 10.4. The van der Waals surface area contributed by atoms with E-state index in [2.05, 4.69) is 0 Å². The molecule has 94 valence electrons. The van der Waals surface area contributed by atoms with Crippen molar-refractivity contribution in [3.8, 4) is 11.8 Å². The predicted octanol–water partition coefficient (Wildman–Crippen LogP) is 2.24. The van der Waals surface area contributed by atoms with E-state index in [9.17, 15) is 4.79 Å². The molecule has 0 saturated carbocycles. The molecular formula is C13H14N2O3. The highest BCUT2D eigenvalue weighted by atomic mass is 16.6. The van der Waals surface area contributed by atoms with Crippen LogP contribution >= 0.6 is 0 Å². The van der Waals surface area contributed by atoms with Crippen molar-refractivity contribution in [2.45, 2.75) is 19.4 Å². The maximum atomic E-state index is 11.8. The smallest absolute Gasteiger partial charge is 0.414 e. The summed E-state index contributed by atoms with van der Waals surface area (Å²) in [6.45, 7) is 2.32. The Hall–Kier alpha value is -2.22. The van der Waals surface area contributed by atoms with Crippen molar-refractivity contribution in [1.82, 2.24) is 0 Å². The number of nitriles is 1. The Morgan fingerprint density at radius 2 is 2.39 bits per heavy atom. The van der Waals surface area contributed by atoms with Crippen LogP contribution in [0.15, 0.2) is 18.2 Å². The van der Waals surface area contributed by atoms with E-state index < -0.39 is 6.09 Å². The molecule has 18 heavy (non-hydrogen) atoms. The van der Waals surface area contributed by atoms with Crippen LogP contribution in [0, 0.1) is 18.3 Å². The fourth-order valence-electron chi connectivity index (χ4n) is 1.94. The molecular weight excluding hydrogens is 232 g/mol. The molecule has 1 aromatic rings. The number of benzene rings is 1. The zero-order chi connectivity index (χ0) is 13.1. The number of nitrogens with zero attached hydrogens (tertiary/aromatic N) is 2. The van der Waals surface area contributed by atoms with Gasteiger partial charge in [0.2, 0.25) is 0 Å². The average molecular weight is 246 g/mol. The Bertz CT molecular complexity index is 507. The van der Waals surface area contributed by atoms with Crippen molar-refractivity contribution in [1.29, 1.82) is 5.26 Å². The van der Waals surface area contributed by atoms with Gasteiger partial charge in [-0.15, -0.1) is 0 Å². The second kappa shape index (κ2) is 4.96. The van der Waals surface area contributed by atoms with Gasteiger partial charge in [0.15, 0.2) is 0 Å². The number of carbonyl (C=O) groups is 1. The van der Waals surface area contributed by atoms with Crippen LogP contribution in [0.4, 0.5) is 10.5 Å². The molecule has 1 aromatic carbocycles. The molecule has 1 saturated heterocycles. The first-order chi connectivity index (χ1) is 8.65. The summed E-state index contributed by atoms with van der Waals surface area (Å²) in [5.41, 5.74) is 1.71. The van der Waals surface area contributed by atoms with Crippen LogP contribution in [-0.2, 0) is 4.74 Å². The van der Waals surface area contributed by atoms with Crippen molar-refractivity contribution in [3.63, 3.8) is 0 Å². The average Bonchev–Trinajstić information content (AvgIpc) is 2.70. The molecule has 1 unspecified atom stereocenters. The van der Waals surface area contributed by atoms with Gasteiger partial charge in [-0.2, -0.15) is 5.26 Å². The molecule has 1 fully saturated rings. The van der Waals surface area contributed by atoms with Crippen LogP contribution < -0.4 is 9.64 Å². The molecule has 0 aliphatic carbocycles. The fourth-order valence-corrected chi connectivity index (χ4v) is 1.94. The van der Waals surface area contributed by atoms with E-state index in [0.29, 0.717) is 18.0 Å². The minimum absolute atomic E-state index is 0.205. The van der Waals surface area contributed by atoms with Gasteiger partial charge in [-0.1, -0.05) is 6.07 Å². The van der Waals surface area contributed by atoms with E-state index in [4.69, 9.17) is 14.7 Å². The van der Waals surface area contributed by atoms with Gasteiger partial charge in [0.05, 0.1) is 31.8 Å². The monoisotopic (exact) mass is 246 g/mol. The summed E-state index contributed by atoms with van der Waals surface area (Å²) in [6, 6.07) is 7.61. The third-order valence-electron chi connectivity index (χ3n) is 2.82. The summed E-state index contributed by atoms with van der Waals surface area (Å²) in [5, 5.41) is 8.63. The van der Waals surface area contributed by atoms with Crippen LogP contribution in [0.3, 0.4) is 0 Å². The number of rotatable bonds is 3. The van der Waals surface area contributed by atoms with Crippen molar-refractivity contribution in [2.24, 2.45) is 0 Å². The predicted molar refractivity (Wildman–Crippen MR) is 65.6 cm³/mol. The van der Waals surface area contributed by atoms with Crippen LogP contribution in [0.25, 0.3) is 0 Å². The van der Waals surface area contributed by atoms with Crippen molar-refractivity contribution >= 4 is 11.8 Å². The fraction of sp³-hybridized carbons (Fsp3) is 0.385. The van der Waals surface area contributed by atoms with Crippen molar-refractivity contribution in [2.75, 3.05) is 18.6 Å². The van der Waals surface area contributed by atoms with Gasteiger partial charge in [0.1, 0.15) is 11.9 Å². The summed E-state index contributed by atoms with van der Waals surface area (Å²) in [4.78, 5) is 13.3. The number of hydrogen-bond donors (Lipinski definition) is 0. The normalized spacial score (nSPS) is 18.4. The number of aryl methyl sites for hydroxylation is 1. The second-order valence-electron chi connectivity index (χ2n) is 4.15. The lowest BCUT2D eigenvalue weighted by Crippen LogP contribution is -2.25. The number of carbonyl (C=O) groups excluding carboxylic acids is 1. The number of hydrogen-bond acceptors (Lipinski definition) is 4. The van der Waals surface area contributed by atoms with Gasteiger partial charge < -0.3 is 9.47 Å². The number of methoxy groups -OCH3 is 1. The van der Waals surface area contributed by atoms with Gasteiger partial charge >= 0.3 is 6.09 Å². The Morgan fingerprint density at radius 1 is 1.61 bits per heavy atom. The van der Waals surface area contributed by atoms with Crippen molar-refractivity contribution < 1.29 is 14.3 Å². The lowest BCUT2D eigenvalue weighted by Gasteiger charge is -2.17. The Kier molecular flexibility index (Phi) is 3.38. The molecule has 0 N–H and O–H groups in total. The molecule has 2 rings (SSSR count). The lowest BCUT2D eigenvalue weighted by molar-refractivity contribution is 0.143. The van der Waals surface area contributed by atoms with E-state index >= 15 is 0 Å². The maximum absolute atomic E-state index is 11.8. The Labute approximate surface area is 106 Å². The van der Waals surface area contributed by atoms with Gasteiger partial charge in [-0.05, 0) is 24.6 Å². The minimum atomic E-state index is -0.431. The van der Waals surface area contributed by atoms with Crippen molar-refractivity contribution in [3.05, 3.63) is 23.8 Å². The maximum Gasteiger partial charge on any atom is 0.414 e. The van der Waals surface area contributed by atoms with E-state index in [1.807, 2.05) is 31.2 Å². The highest BCUT2D eigenvalue weighted by Crippen LogP contribution is 2.32. The number of ether oxygens (including phenoxy) is 2. The second-order valence-corrected chi connectivity index (χ2v) is 4.15. The van der Waals surface area contributed by atoms with Gasteiger partial charge in [-0.3, -0.25) is 4.90 Å². The first-order valence-electron chi connectivity index (χ1n) is 5.65. The van der Waals surface area contributed by atoms with E-state index in [0.717, 1.165) is 5.56 Å². The molecule has 1 amide bonds. The standard InChI is InChI=1S/C13H14N2O3/c1-9-3-4-12(17-2)11(7-9)15-8-10(5-6-14)18-13(15)16/h3-4,7,10H,5,8H2,1-2H3. The largest absolute Gasteiger partial charge is 0.495 e. The quantitative estimate of drug-likeness (QED) is 0.820. The van der Waals surface area contributed by atoms with E-state index in [-0.39, 0.29) is 12.5 Å². The summed E-state index contributed by atoms with van der Waals surface area (Å²) in [6.07, 6.45) is -0.594.